The molecule has 0 saturated heterocycles. The van der Waals surface area contributed by atoms with Crippen molar-refractivity contribution in [1.29, 1.82) is 0 Å². The molecule has 6 heteroatoms. The molecule has 3 rings (SSSR count). The molecular weight excluding hydrogens is 328 g/mol. The van der Waals surface area contributed by atoms with E-state index in [0.29, 0.717) is 22.6 Å². The normalized spacial score (nSPS) is 17.1. The predicted octanol–water partition coefficient (Wildman–Crippen LogP) is 3.13. The SMILES string of the molecule is O=C(NN=C1CCCCC1=NNC(=O)c1ccccc1)c1ccccc1. The summed E-state index contributed by atoms with van der Waals surface area (Å²) in [5.41, 5.74) is 7.64. The first-order valence-electron chi connectivity index (χ1n) is 8.58. The number of amides is 2. The van der Waals surface area contributed by atoms with E-state index < -0.39 is 0 Å². The zero-order chi connectivity index (χ0) is 18.2. The third kappa shape index (κ3) is 4.63. The first-order valence-corrected chi connectivity index (χ1v) is 8.58. The van der Waals surface area contributed by atoms with Crippen LogP contribution in [0.4, 0.5) is 0 Å². The van der Waals surface area contributed by atoms with Gasteiger partial charge in [0.05, 0.1) is 11.4 Å². The third-order valence-corrected chi connectivity index (χ3v) is 4.07. The molecule has 0 bridgehead atoms. The Kier molecular flexibility index (Phi) is 5.88. The Bertz CT molecular complexity index is 758. The Hall–Kier alpha value is -3.28. The van der Waals surface area contributed by atoms with E-state index in [-0.39, 0.29) is 11.8 Å². The fourth-order valence-corrected chi connectivity index (χ4v) is 2.66. The lowest BCUT2D eigenvalue weighted by atomic mass is 9.96. The van der Waals surface area contributed by atoms with Gasteiger partial charge in [-0.05, 0) is 49.9 Å². The molecule has 0 heterocycles. The average Bonchev–Trinajstić information content (AvgIpc) is 2.72. The van der Waals surface area contributed by atoms with E-state index in [1.54, 1.807) is 48.5 Å². The second kappa shape index (κ2) is 8.71. The van der Waals surface area contributed by atoms with Crippen LogP contribution in [0.5, 0.6) is 0 Å². The summed E-state index contributed by atoms with van der Waals surface area (Å²) in [6, 6.07) is 17.8. The molecule has 2 amide bonds. The summed E-state index contributed by atoms with van der Waals surface area (Å²) >= 11 is 0. The van der Waals surface area contributed by atoms with Crippen molar-refractivity contribution in [2.45, 2.75) is 25.7 Å². The number of hydrogen-bond acceptors (Lipinski definition) is 4. The molecule has 2 aromatic rings. The predicted molar refractivity (Wildman–Crippen MR) is 101 cm³/mol. The minimum absolute atomic E-state index is 0.267. The number of rotatable bonds is 4. The summed E-state index contributed by atoms with van der Waals surface area (Å²) in [6.07, 6.45) is 3.39. The Morgan fingerprint density at radius 2 is 1.04 bits per heavy atom. The molecule has 0 spiro atoms. The van der Waals surface area contributed by atoms with E-state index in [9.17, 15) is 9.59 Å². The van der Waals surface area contributed by atoms with Crippen molar-refractivity contribution >= 4 is 23.2 Å². The molecule has 0 unspecified atom stereocenters. The molecule has 0 aromatic heterocycles. The van der Waals surface area contributed by atoms with Crippen molar-refractivity contribution in [1.82, 2.24) is 10.9 Å². The highest BCUT2D eigenvalue weighted by atomic mass is 16.2. The zero-order valence-electron chi connectivity index (χ0n) is 14.3. The lowest BCUT2D eigenvalue weighted by molar-refractivity contribution is 0.0946. The second-order valence-electron chi connectivity index (χ2n) is 5.94. The van der Waals surface area contributed by atoms with Gasteiger partial charge in [0.2, 0.25) is 0 Å². The van der Waals surface area contributed by atoms with Crippen molar-refractivity contribution in [3.8, 4) is 0 Å². The Balaban J connectivity index is 1.67. The highest BCUT2D eigenvalue weighted by Crippen LogP contribution is 2.13. The maximum absolute atomic E-state index is 12.1. The van der Waals surface area contributed by atoms with Gasteiger partial charge in [-0.1, -0.05) is 36.4 Å². The molecule has 2 aromatic carbocycles. The molecular formula is C20H20N4O2. The highest BCUT2D eigenvalue weighted by molar-refractivity contribution is 6.43. The number of nitrogens with one attached hydrogen (secondary N) is 2. The smallest absolute Gasteiger partial charge is 0.267 e. The molecule has 1 fully saturated rings. The molecule has 1 saturated carbocycles. The Labute approximate surface area is 152 Å². The van der Waals surface area contributed by atoms with Gasteiger partial charge < -0.3 is 0 Å². The Morgan fingerprint density at radius 3 is 1.42 bits per heavy atom. The first-order chi connectivity index (χ1) is 12.7. The molecule has 1 aliphatic carbocycles. The number of carbonyl (C=O) groups is 2. The summed E-state index contributed by atoms with van der Waals surface area (Å²) in [5.74, 6) is -0.535. The van der Waals surface area contributed by atoms with Crippen LogP contribution in [0.25, 0.3) is 0 Å². The fraction of sp³-hybridized carbons (Fsp3) is 0.200. The van der Waals surface area contributed by atoms with E-state index in [2.05, 4.69) is 21.1 Å². The first kappa shape index (κ1) is 17.5. The van der Waals surface area contributed by atoms with Crippen molar-refractivity contribution < 1.29 is 9.59 Å². The van der Waals surface area contributed by atoms with Crippen LogP contribution in [0, 0.1) is 0 Å². The van der Waals surface area contributed by atoms with Gasteiger partial charge in [0, 0.05) is 11.1 Å². The number of hydrogen-bond donors (Lipinski definition) is 2. The van der Waals surface area contributed by atoms with E-state index in [0.717, 1.165) is 25.7 Å². The minimum Gasteiger partial charge on any atom is -0.267 e. The fourth-order valence-electron chi connectivity index (χ4n) is 2.66. The van der Waals surface area contributed by atoms with Gasteiger partial charge >= 0.3 is 0 Å². The number of carbonyl (C=O) groups excluding carboxylic acids is 2. The molecule has 2 N–H and O–H groups in total. The van der Waals surface area contributed by atoms with Gasteiger partial charge in [0.15, 0.2) is 0 Å². The van der Waals surface area contributed by atoms with Gasteiger partial charge in [-0.2, -0.15) is 10.2 Å². The van der Waals surface area contributed by atoms with Crippen LogP contribution >= 0.6 is 0 Å². The molecule has 6 nitrogen and oxygen atoms in total. The maximum atomic E-state index is 12.1. The van der Waals surface area contributed by atoms with Crippen molar-refractivity contribution in [2.75, 3.05) is 0 Å². The van der Waals surface area contributed by atoms with E-state index in [4.69, 9.17) is 0 Å². The van der Waals surface area contributed by atoms with Crippen LogP contribution in [0.2, 0.25) is 0 Å². The summed E-state index contributed by atoms with van der Waals surface area (Å²) in [7, 11) is 0. The molecule has 0 atom stereocenters. The van der Waals surface area contributed by atoms with E-state index >= 15 is 0 Å². The van der Waals surface area contributed by atoms with Crippen molar-refractivity contribution in [2.24, 2.45) is 10.2 Å². The maximum Gasteiger partial charge on any atom is 0.271 e. The quantitative estimate of drug-likeness (QED) is 0.832. The third-order valence-electron chi connectivity index (χ3n) is 4.07. The van der Waals surface area contributed by atoms with Crippen LogP contribution in [0.15, 0.2) is 70.9 Å². The summed E-state index contributed by atoms with van der Waals surface area (Å²) in [6.45, 7) is 0. The molecule has 1 aliphatic rings. The lowest BCUT2D eigenvalue weighted by Gasteiger charge is -2.15. The van der Waals surface area contributed by atoms with Crippen LogP contribution in [-0.4, -0.2) is 23.2 Å². The van der Waals surface area contributed by atoms with Gasteiger partial charge in [-0.15, -0.1) is 0 Å². The molecule has 132 valence electrons. The van der Waals surface area contributed by atoms with Gasteiger partial charge in [-0.3, -0.25) is 9.59 Å². The number of hydrazone groups is 2. The average molecular weight is 348 g/mol. The summed E-state index contributed by atoms with van der Waals surface area (Å²) in [5, 5.41) is 8.45. The highest BCUT2D eigenvalue weighted by Gasteiger charge is 2.17. The Morgan fingerprint density at radius 1 is 0.654 bits per heavy atom. The van der Waals surface area contributed by atoms with Crippen molar-refractivity contribution in [3.63, 3.8) is 0 Å². The van der Waals surface area contributed by atoms with Gasteiger partial charge in [0.1, 0.15) is 0 Å². The standard InChI is InChI=1S/C20H20N4O2/c25-19(15-9-3-1-4-10-15)23-21-17-13-7-8-14-18(17)22-24-20(26)16-11-5-2-6-12-16/h1-6,9-12H,7-8,13-14H2,(H,23,25)(H,24,26). The summed E-state index contributed by atoms with van der Waals surface area (Å²) < 4.78 is 0. The molecule has 0 radical (unpaired) electrons. The van der Waals surface area contributed by atoms with Crippen LogP contribution in [-0.2, 0) is 0 Å². The lowest BCUT2D eigenvalue weighted by Crippen LogP contribution is -2.28. The second-order valence-corrected chi connectivity index (χ2v) is 5.94. The van der Waals surface area contributed by atoms with Gasteiger partial charge in [-0.25, -0.2) is 10.9 Å². The monoisotopic (exact) mass is 348 g/mol. The number of nitrogens with zero attached hydrogens (tertiary/aromatic N) is 2. The van der Waals surface area contributed by atoms with Crippen LogP contribution in [0.1, 0.15) is 46.4 Å². The van der Waals surface area contributed by atoms with E-state index in [1.165, 1.54) is 0 Å². The van der Waals surface area contributed by atoms with E-state index in [1.807, 2.05) is 12.1 Å². The van der Waals surface area contributed by atoms with Crippen molar-refractivity contribution in [3.05, 3.63) is 71.8 Å². The summed E-state index contributed by atoms with van der Waals surface area (Å²) in [4.78, 5) is 24.2. The van der Waals surface area contributed by atoms with Crippen LogP contribution < -0.4 is 10.9 Å². The molecule has 0 aliphatic heterocycles. The number of benzene rings is 2. The molecule has 26 heavy (non-hydrogen) atoms. The zero-order valence-corrected chi connectivity index (χ0v) is 14.3. The minimum atomic E-state index is -0.267. The topological polar surface area (TPSA) is 82.9 Å². The van der Waals surface area contributed by atoms with Gasteiger partial charge in [0.25, 0.3) is 11.8 Å². The largest absolute Gasteiger partial charge is 0.271 e. The van der Waals surface area contributed by atoms with Crippen LogP contribution in [0.3, 0.4) is 0 Å².